The molecule has 0 aromatic heterocycles. The minimum Gasteiger partial charge on any atom is -0.373 e. The molecule has 1 unspecified atom stereocenters. The lowest BCUT2D eigenvalue weighted by Gasteiger charge is -2.17. The van der Waals surface area contributed by atoms with E-state index in [2.05, 4.69) is 0 Å². The third kappa shape index (κ3) is 0.842. The fraction of sp³-hybridized carbons (Fsp3) is 0.667. The minimum atomic E-state index is -0.250. The molecule has 1 atom stereocenters. The van der Waals surface area contributed by atoms with Crippen LogP contribution in [0.3, 0.4) is 0 Å². The van der Waals surface area contributed by atoms with Gasteiger partial charge in [-0.3, -0.25) is 0 Å². The average molecular weight is 113 g/mol. The van der Waals surface area contributed by atoms with Gasteiger partial charge in [-0.1, -0.05) is 6.08 Å². The lowest BCUT2D eigenvalue weighted by atomic mass is 10.4. The Bertz CT molecular complexity index is 101. The monoisotopic (exact) mass is 113 g/mol. The zero-order valence-corrected chi connectivity index (χ0v) is 5.04. The van der Waals surface area contributed by atoms with Gasteiger partial charge in [-0.15, -0.1) is 0 Å². The summed E-state index contributed by atoms with van der Waals surface area (Å²) < 4.78 is 0. The number of hydrogen-bond acceptors (Lipinski definition) is 2. The van der Waals surface area contributed by atoms with Crippen LogP contribution in [0.25, 0.3) is 0 Å². The van der Waals surface area contributed by atoms with E-state index in [4.69, 9.17) is 5.11 Å². The van der Waals surface area contributed by atoms with Crippen LogP contribution in [-0.4, -0.2) is 22.8 Å². The summed E-state index contributed by atoms with van der Waals surface area (Å²) in [5, 5.41) is 9.05. The van der Waals surface area contributed by atoms with Crippen LogP contribution in [0.1, 0.15) is 13.3 Å². The molecule has 0 aromatic rings. The molecule has 0 saturated heterocycles. The fourth-order valence-corrected chi connectivity index (χ4v) is 0.869. The number of nitrogens with zero attached hydrogens (tertiary/aromatic N) is 1. The predicted molar refractivity (Wildman–Crippen MR) is 32.1 cm³/mol. The Labute approximate surface area is 49.4 Å². The summed E-state index contributed by atoms with van der Waals surface area (Å²) >= 11 is 0. The highest BCUT2D eigenvalue weighted by Crippen LogP contribution is 2.09. The largest absolute Gasteiger partial charge is 0.373 e. The van der Waals surface area contributed by atoms with Crippen molar-refractivity contribution in [1.29, 1.82) is 0 Å². The third-order valence-corrected chi connectivity index (χ3v) is 1.39. The Morgan fingerprint density at radius 2 is 2.62 bits per heavy atom. The van der Waals surface area contributed by atoms with Crippen LogP contribution >= 0.6 is 0 Å². The quantitative estimate of drug-likeness (QED) is 0.536. The number of rotatable bonds is 1. The van der Waals surface area contributed by atoms with E-state index in [0.29, 0.717) is 0 Å². The molecule has 0 saturated carbocycles. The van der Waals surface area contributed by atoms with Crippen LogP contribution < -0.4 is 0 Å². The molecule has 0 radical (unpaired) electrons. The highest BCUT2D eigenvalue weighted by molar-refractivity contribution is 4.92. The van der Waals surface area contributed by atoms with Crippen molar-refractivity contribution < 1.29 is 5.11 Å². The first-order chi connectivity index (χ1) is 3.84. The Balaban J connectivity index is 2.41. The Morgan fingerprint density at radius 1 is 1.88 bits per heavy atom. The molecule has 46 valence electrons. The summed E-state index contributed by atoms with van der Waals surface area (Å²) in [5.74, 6) is 0. The van der Waals surface area contributed by atoms with Crippen molar-refractivity contribution in [3.63, 3.8) is 0 Å². The van der Waals surface area contributed by atoms with Crippen LogP contribution in [0.2, 0.25) is 0 Å². The van der Waals surface area contributed by atoms with E-state index >= 15 is 0 Å². The van der Waals surface area contributed by atoms with Gasteiger partial charge in [0.25, 0.3) is 0 Å². The van der Waals surface area contributed by atoms with Crippen molar-refractivity contribution >= 4 is 0 Å². The van der Waals surface area contributed by atoms with Gasteiger partial charge in [-0.25, -0.2) is 0 Å². The summed E-state index contributed by atoms with van der Waals surface area (Å²) in [5.41, 5.74) is 0. The molecule has 1 rings (SSSR count). The van der Waals surface area contributed by atoms with Gasteiger partial charge in [0.05, 0.1) is 0 Å². The summed E-state index contributed by atoms with van der Waals surface area (Å²) in [6, 6.07) is 0. The number of aliphatic hydroxyl groups is 1. The second-order valence-corrected chi connectivity index (χ2v) is 1.93. The Hall–Kier alpha value is -0.500. The van der Waals surface area contributed by atoms with Crippen LogP contribution in [0.15, 0.2) is 12.3 Å². The molecule has 0 bridgehead atoms. The highest BCUT2D eigenvalue weighted by atomic mass is 16.3. The molecular weight excluding hydrogens is 102 g/mol. The van der Waals surface area contributed by atoms with E-state index < -0.39 is 0 Å². The van der Waals surface area contributed by atoms with Gasteiger partial charge in [0.15, 0.2) is 0 Å². The topological polar surface area (TPSA) is 23.5 Å². The second kappa shape index (κ2) is 2.18. The SMILES string of the molecule is CCN1C=CCC1O. The molecule has 8 heavy (non-hydrogen) atoms. The van der Waals surface area contributed by atoms with E-state index in [1.807, 2.05) is 24.1 Å². The molecule has 1 N–H and O–H groups in total. The highest BCUT2D eigenvalue weighted by Gasteiger charge is 2.11. The van der Waals surface area contributed by atoms with Crippen LogP contribution in [-0.2, 0) is 0 Å². The van der Waals surface area contributed by atoms with Gasteiger partial charge >= 0.3 is 0 Å². The molecule has 0 aliphatic carbocycles. The first-order valence-electron chi connectivity index (χ1n) is 2.95. The fourth-order valence-electron chi connectivity index (χ4n) is 0.869. The molecule has 0 amide bonds. The summed E-state index contributed by atoms with van der Waals surface area (Å²) in [7, 11) is 0. The number of aliphatic hydroxyl groups excluding tert-OH is 1. The third-order valence-electron chi connectivity index (χ3n) is 1.39. The van der Waals surface area contributed by atoms with E-state index in [0.717, 1.165) is 13.0 Å². The zero-order valence-electron chi connectivity index (χ0n) is 5.04. The van der Waals surface area contributed by atoms with E-state index in [1.54, 1.807) is 0 Å². The minimum absolute atomic E-state index is 0.250. The van der Waals surface area contributed by atoms with Crippen molar-refractivity contribution in [2.45, 2.75) is 19.6 Å². The zero-order chi connectivity index (χ0) is 5.98. The standard InChI is InChI=1S/C6H11NO/c1-2-7-5-3-4-6(7)8/h3,5-6,8H,2,4H2,1H3. The molecular formula is C6H11NO. The molecule has 0 aromatic carbocycles. The molecule has 0 spiro atoms. The lowest BCUT2D eigenvalue weighted by molar-refractivity contribution is 0.0573. The van der Waals surface area contributed by atoms with Gasteiger partial charge in [0.2, 0.25) is 0 Å². The molecule has 1 heterocycles. The van der Waals surface area contributed by atoms with Gasteiger partial charge in [0, 0.05) is 13.0 Å². The van der Waals surface area contributed by atoms with Gasteiger partial charge in [0.1, 0.15) is 6.23 Å². The maximum Gasteiger partial charge on any atom is 0.129 e. The smallest absolute Gasteiger partial charge is 0.129 e. The molecule has 0 fully saturated rings. The van der Waals surface area contributed by atoms with Crippen molar-refractivity contribution in [2.24, 2.45) is 0 Å². The average Bonchev–Trinajstić information content (AvgIpc) is 2.14. The van der Waals surface area contributed by atoms with E-state index in [9.17, 15) is 0 Å². The molecule has 1 aliphatic rings. The lowest BCUT2D eigenvalue weighted by Crippen LogP contribution is -2.25. The number of hydrogen-bond donors (Lipinski definition) is 1. The van der Waals surface area contributed by atoms with Crippen LogP contribution in [0.4, 0.5) is 0 Å². The molecule has 2 nitrogen and oxygen atoms in total. The maximum atomic E-state index is 9.05. The first-order valence-corrected chi connectivity index (χ1v) is 2.95. The second-order valence-electron chi connectivity index (χ2n) is 1.93. The summed E-state index contributed by atoms with van der Waals surface area (Å²) in [4.78, 5) is 1.90. The molecule has 2 heteroatoms. The molecule has 1 aliphatic heterocycles. The van der Waals surface area contributed by atoms with Gasteiger partial charge in [-0.05, 0) is 13.1 Å². The maximum absolute atomic E-state index is 9.05. The van der Waals surface area contributed by atoms with E-state index in [-0.39, 0.29) is 6.23 Å². The Morgan fingerprint density at radius 3 is 2.88 bits per heavy atom. The van der Waals surface area contributed by atoms with Crippen molar-refractivity contribution in [2.75, 3.05) is 6.54 Å². The van der Waals surface area contributed by atoms with Crippen molar-refractivity contribution in [3.8, 4) is 0 Å². The predicted octanol–water partition coefficient (Wildman–Crippen LogP) is 0.544. The normalized spacial score (nSPS) is 27.2. The van der Waals surface area contributed by atoms with Crippen molar-refractivity contribution in [3.05, 3.63) is 12.3 Å². The van der Waals surface area contributed by atoms with Gasteiger partial charge in [-0.2, -0.15) is 0 Å². The first kappa shape index (κ1) is 5.63. The van der Waals surface area contributed by atoms with Crippen LogP contribution in [0, 0.1) is 0 Å². The summed E-state index contributed by atoms with van der Waals surface area (Å²) in [6.07, 6.45) is 4.45. The van der Waals surface area contributed by atoms with E-state index in [1.165, 1.54) is 0 Å². The van der Waals surface area contributed by atoms with Crippen molar-refractivity contribution in [1.82, 2.24) is 4.90 Å². The summed E-state index contributed by atoms with van der Waals surface area (Å²) in [6.45, 7) is 2.93. The van der Waals surface area contributed by atoms with Gasteiger partial charge < -0.3 is 10.0 Å². The van der Waals surface area contributed by atoms with Crippen LogP contribution in [0.5, 0.6) is 0 Å². The Kier molecular flexibility index (Phi) is 1.53.